The van der Waals surface area contributed by atoms with Crippen molar-refractivity contribution in [3.8, 4) is 0 Å². The number of rotatable bonds is 2. The zero-order valence-electron chi connectivity index (χ0n) is 10.3. The first-order valence-corrected chi connectivity index (χ1v) is 6.77. The van der Waals surface area contributed by atoms with Gasteiger partial charge in [-0.1, -0.05) is 28.1 Å². The lowest BCUT2D eigenvalue weighted by atomic mass is 10.0. The molecule has 20 heavy (non-hydrogen) atoms. The molecule has 0 aliphatic heterocycles. The van der Waals surface area contributed by atoms with Crippen LogP contribution in [0.1, 0.15) is 15.9 Å². The van der Waals surface area contributed by atoms with Crippen LogP contribution < -0.4 is 5.43 Å². The van der Waals surface area contributed by atoms with E-state index in [4.69, 9.17) is 4.42 Å². The van der Waals surface area contributed by atoms with Crippen LogP contribution in [0.3, 0.4) is 0 Å². The maximum Gasteiger partial charge on any atom is 0.203 e. The fraction of sp³-hybridized carbons (Fsp3) is 0. The van der Waals surface area contributed by atoms with Gasteiger partial charge in [-0.3, -0.25) is 9.59 Å². The van der Waals surface area contributed by atoms with Gasteiger partial charge in [0, 0.05) is 10.0 Å². The Morgan fingerprint density at radius 3 is 2.45 bits per heavy atom. The van der Waals surface area contributed by atoms with E-state index in [1.165, 1.54) is 6.26 Å². The van der Waals surface area contributed by atoms with E-state index in [2.05, 4.69) is 15.9 Å². The second kappa shape index (κ2) is 5.06. The molecule has 3 rings (SSSR count). The predicted octanol–water partition coefficient (Wildman–Crippen LogP) is 3.79. The second-order valence-corrected chi connectivity index (χ2v) is 5.23. The van der Waals surface area contributed by atoms with Crippen molar-refractivity contribution < 1.29 is 9.21 Å². The quantitative estimate of drug-likeness (QED) is 0.672. The molecular weight excluding hydrogens is 320 g/mol. The van der Waals surface area contributed by atoms with Crippen molar-refractivity contribution in [3.05, 3.63) is 80.6 Å². The third-order valence-electron chi connectivity index (χ3n) is 3.03. The standard InChI is InChI=1S/C16H9BrO3/c17-11-7-5-10(6-8-11)15(18)13-9-20-14-4-2-1-3-12(14)16(13)19/h1-9H. The summed E-state index contributed by atoms with van der Waals surface area (Å²) in [6.45, 7) is 0. The van der Waals surface area contributed by atoms with Gasteiger partial charge in [0.15, 0.2) is 5.78 Å². The molecule has 3 aromatic rings. The largest absolute Gasteiger partial charge is 0.463 e. The molecule has 0 N–H and O–H groups in total. The number of halogens is 1. The van der Waals surface area contributed by atoms with Gasteiger partial charge >= 0.3 is 0 Å². The van der Waals surface area contributed by atoms with E-state index in [0.717, 1.165) is 4.47 Å². The first kappa shape index (κ1) is 12.8. The highest BCUT2D eigenvalue weighted by molar-refractivity contribution is 9.10. The lowest BCUT2D eigenvalue weighted by Crippen LogP contribution is -2.15. The van der Waals surface area contributed by atoms with Crippen LogP contribution in [0, 0.1) is 0 Å². The van der Waals surface area contributed by atoms with E-state index in [1.807, 2.05) is 0 Å². The van der Waals surface area contributed by atoms with Crippen LogP contribution in [-0.2, 0) is 0 Å². The molecule has 0 saturated heterocycles. The highest BCUT2D eigenvalue weighted by Gasteiger charge is 2.15. The van der Waals surface area contributed by atoms with E-state index in [0.29, 0.717) is 16.5 Å². The maximum absolute atomic E-state index is 12.3. The molecule has 1 aromatic heterocycles. The highest BCUT2D eigenvalue weighted by Crippen LogP contribution is 2.15. The Morgan fingerprint density at radius 2 is 1.70 bits per heavy atom. The molecule has 1 heterocycles. The molecule has 0 aliphatic rings. The van der Waals surface area contributed by atoms with Crippen LogP contribution in [0.5, 0.6) is 0 Å². The van der Waals surface area contributed by atoms with Gasteiger partial charge in [0.25, 0.3) is 0 Å². The van der Waals surface area contributed by atoms with Crippen molar-refractivity contribution in [2.24, 2.45) is 0 Å². The van der Waals surface area contributed by atoms with Gasteiger partial charge in [0.05, 0.1) is 5.39 Å². The Morgan fingerprint density at radius 1 is 1.00 bits per heavy atom. The minimum atomic E-state index is -0.336. The molecule has 0 atom stereocenters. The monoisotopic (exact) mass is 328 g/mol. The molecule has 3 nitrogen and oxygen atoms in total. The molecule has 0 saturated carbocycles. The normalized spacial score (nSPS) is 10.7. The van der Waals surface area contributed by atoms with E-state index < -0.39 is 0 Å². The number of benzene rings is 2. The van der Waals surface area contributed by atoms with Gasteiger partial charge in [0.1, 0.15) is 17.4 Å². The van der Waals surface area contributed by atoms with Crippen LogP contribution in [-0.4, -0.2) is 5.78 Å². The Balaban J connectivity index is 2.15. The summed E-state index contributed by atoms with van der Waals surface area (Å²) < 4.78 is 6.23. The van der Waals surface area contributed by atoms with Crippen molar-refractivity contribution in [1.29, 1.82) is 0 Å². The molecule has 0 unspecified atom stereocenters. The number of carbonyl (C=O) groups excluding carboxylic acids is 1. The SMILES string of the molecule is O=C(c1ccc(Br)cc1)c1coc2ccccc2c1=O. The van der Waals surface area contributed by atoms with Gasteiger partial charge < -0.3 is 4.42 Å². The summed E-state index contributed by atoms with van der Waals surface area (Å²) >= 11 is 3.31. The first-order chi connectivity index (χ1) is 9.66. The molecule has 4 heteroatoms. The fourth-order valence-corrected chi connectivity index (χ4v) is 2.26. The van der Waals surface area contributed by atoms with Crippen LogP contribution in [0.25, 0.3) is 11.0 Å². The van der Waals surface area contributed by atoms with Gasteiger partial charge in [-0.05, 0) is 36.4 Å². The van der Waals surface area contributed by atoms with Crippen molar-refractivity contribution in [1.82, 2.24) is 0 Å². The summed E-state index contributed by atoms with van der Waals surface area (Å²) in [5, 5.41) is 0.412. The van der Waals surface area contributed by atoms with Crippen LogP contribution in [0.2, 0.25) is 0 Å². The predicted molar refractivity (Wildman–Crippen MR) is 80.1 cm³/mol. The van der Waals surface area contributed by atoms with Crippen molar-refractivity contribution in [3.63, 3.8) is 0 Å². The topological polar surface area (TPSA) is 47.3 Å². The minimum Gasteiger partial charge on any atom is -0.463 e. The fourth-order valence-electron chi connectivity index (χ4n) is 1.99. The van der Waals surface area contributed by atoms with Crippen molar-refractivity contribution >= 4 is 32.7 Å². The third-order valence-corrected chi connectivity index (χ3v) is 3.56. The van der Waals surface area contributed by atoms with Gasteiger partial charge in [-0.25, -0.2) is 0 Å². The molecular formula is C16H9BrO3. The Labute approximate surface area is 123 Å². The average molecular weight is 329 g/mol. The first-order valence-electron chi connectivity index (χ1n) is 5.97. The summed E-state index contributed by atoms with van der Waals surface area (Å²) in [4.78, 5) is 24.7. The molecule has 2 aromatic carbocycles. The van der Waals surface area contributed by atoms with Crippen molar-refractivity contribution in [2.45, 2.75) is 0 Å². The smallest absolute Gasteiger partial charge is 0.203 e. The lowest BCUT2D eigenvalue weighted by molar-refractivity contribution is 0.103. The molecule has 98 valence electrons. The number of hydrogen-bond acceptors (Lipinski definition) is 3. The maximum atomic E-state index is 12.3. The Bertz CT molecular complexity index is 847. The summed E-state index contributed by atoms with van der Waals surface area (Å²) in [5.74, 6) is -0.336. The molecule has 0 aliphatic carbocycles. The molecule has 0 fully saturated rings. The van der Waals surface area contributed by atoms with Crippen LogP contribution >= 0.6 is 15.9 Å². The van der Waals surface area contributed by atoms with E-state index >= 15 is 0 Å². The number of carbonyl (C=O) groups is 1. The van der Waals surface area contributed by atoms with Crippen LogP contribution in [0.4, 0.5) is 0 Å². The zero-order valence-corrected chi connectivity index (χ0v) is 11.9. The third kappa shape index (κ3) is 2.18. The Kier molecular flexibility index (Phi) is 3.24. The summed E-state index contributed by atoms with van der Waals surface area (Å²) in [7, 11) is 0. The van der Waals surface area contributed by atoms with E-state index in [1.54, 1.807) is 48.5 Å². The zero-order chi connectivity index (χ0) is 14.1. The second-order valence-electron chi connectivity index (χ2n) is 4.31. The van der Waals surface area contributed by atoms with Crippen molar-refractivity contribution in [2.75, 3.05) is 0 Å². The molecule has 0 radical (unpaired) electrons. The molecule has 0 bridgehead atoms. The van der Waals surface area contributed by atoms with Gasteiger partial charge in [-0.2, -0.15) is 0 Å². The number of hydrogen-bond donors (Lipinski definition) is 0. The van der Waals surface area contributed by atoms with Crippen LogP contribution in [0.15, 0.2) is 68.5 Å². The Hall–Kier alpha value is -2.20. The van der Waals surface area contributed by atoms with E-state index in [9.17, 15) is 9.59 Å². The molecule has 0 amide bonds. The number of para-hydroxylation sites is 1. The summed E-state index contributed by atoms with van der Waals surface area (Å²) in [5.41, 5.74) is 0.673. The molecule has 0 spiro atoms. The summed E-state index contributed by atoms with van der Waals surface area (Å²) in [6, 6.07) is 13.7. The number of fused-ring (bicyclic) bond motifs is 1. The minimum absolute atomic E-state index is 0.0472. The highest BCUT2D eigenvalue weighted by atomic mass is 79.9. The van der Waals surface area contributed by atoms with Gasteiger partial charge in [-0.15, -0.1) is 0 Å². The van der Waals surface area contributed by atoms with Gasteiger partial charge in [0.2, 0.25) is 5.43 Å². The summed E-state index contributed by atoms with van der Waals surface area (Å²) in [6.07, 6.45) is 1.23. The number of ketones is 1. The average Bonchev–Trinajstić information content (AvgIpc) is 2.48. The lowest BCUT2D eigenvalue weighted by Gasteiger charge is -2.02. The van der Waals surface area contributed by atoms with E-state index in [-0.39, 0.29) is 16.8 Å².